The van der Waals surface area contributed by atoms with Crippen LogP contribution >= 0.6 is 11.6 Å². The zero-order chi connectivity index (χ0) is 14.5. The Hall–Kier alpha value is -2.18. The van der Waals surface area contributed by atoms with Crippen LogP contribution in [0.1, 0.15) is 30.5 Å². The number of phenolic OH excluding ortho intramolecular Hbond substituents is 1. The predicted molar refractivity (Wildman–Crippen MR) is 80.9 cm³/mol. The zero-order valence-corrected chi connectivity index (χ0v) is 11.9. The van der Waals surface area contributed by atoms with E-state index in [0.29, 0.717) is 10.6 Å². The van der Waals surface area contributed by atoms with Crippen molar-refractivity contribution in [1.29, 1.82) is 5.26 Å². The van der Waals surface area contributed by atoms with Crippen molar-refractivity contribution in [3.05, 3.63) is 58.6 Å². The maximum Gasteiger partial charge on any atom is 0.120 e. The molecule has 20 heavy (non-hydrogen) atoms. The quantitative estimate of drug-likeness (QED) is 0.871. The Labute approximate surface area is 123 Å². The van der Waals surface area contributed by atoms with E-state index in [1.807, 2.05) is 31.2 Å². The molecule has 2 rings (SSSR count). The third kappa shape index (κ3) is 3.04. The van der Waals surface area contributed by atoms with E-state index in [9.17, 15) is 5.11 Å². The molecule has 102 valence electrons. The first kappa shape index (κ1) is 14.2. The number of nitrogens with one attached hydrogen (secondary N) is 1. The Balaban J connectivity index is 2.25. The number of para-hydroxylation sites is 1. The second-order valence-electron chi connectivity index (χ2n) is 4.47. The standard InChI is InChI=1S/C16H15ClN2O/c1-2-15(13-5-3-4-6-16(13)20)19-12-8-7-11(10-18)14(17)9-12/h3-9,15,19-20H,2H2,1H3. The normalized spacial score (nSPS) is 11.7. The van der Waals surface area contributed by atoms with Gasteiger partial charge >= 0.3 is 0 Å². The molecule has 0 bridgehead atoms. The average molecular weight is 287 g/mol. The fraction of sp³-hybridized carbons (Fsp3) is 0.188. The summed E-state index contributed by atoms with van der Waals surface area (Å²) >= 11 is 6.02. The summed E-state index contributed by atoms with van der Waals surface area (Å²) in [5, 5.41) is 22.5. The Morgan fingerprint density at radius 1 is 1.30 bits per heavy atom. The smallest absolute Gasteiger partial charge is 0.120 e. The fourth-order valence-corrected chi connectivity index (χ4v) is 2.30. The van der Waals surface area contributed by atoms with Crippen LogP contribution in [0.15, 0.2) is 42.5 Å². The summed E-state index contributed by atoms with van der Waals surface area (Å²) in [6.07, 6.45) is 0.815. The van der Waals surface area contributed by atoms with E-state index in [0.717, 1.165) is 17.7 Å². The SMILES string of the molecule is CCC(Nc1ccc(C#N)c(Cl)c1)c1ccccc1O. The number of nitrogens with zero attached hydrogens (tertiary/aromatic N) is 1. The number of halogens is 1. The van der Waals surface area contributed by atoms with E-state index in [4.69, 9.17) is 16.9 Å². The molecule has 0 radical (unpaired) electrons. The van der Waals surface area contributed by atoms with E-state index in [1.165, 1.54) is 0 Å². The molecule has 0 saturated carbocycles. The van der Waals surface area contributed by atoms with Crippen LogP contribution in [-0.2, 0) is 0 Å². The minimum atomic E-state index is -0.0137. The van der Waals surface area contributed by atoms with Crippen molar-refractivity contribution in [2.75, 3.05) is 5.32 Å². The molecule has 0 aliphatic carbocycles. The molecular formula is C16H15ClN2O. The number of hydrogen-bond donors (Lipinski definition) is 2. The van der Waals surface area contributed by atoms with Crippen LogP contribution < -0.4 is 5.32 Å². The highest BCUT2D eigenvalue weighted by molar-refractivity contribution is 6.32. The minimum absolute atomic E-state index is 0.0137. The first-order valence-electron chi connectivity index (χ1n) is 6.39. The van der Waals surface area contributed by atoms with Crippen molar-refractivity contribution in [2.45, 2.75) is 19.4 Å². The van der Waals surface area contributed by atoms with Gasteiger partial charge in [-0.15, -0.1) is 0 Å². The Morgan fingerprint density at radius 2 is 2.05 bits per heavy atom. The number of benzene rings is 2. The molecule has 0 heterocycles. The molecule has 0 aromatic heterocycles. The van der Waals surface area contributed by atoms with Crippen molar-refractivity contribution in [2.24, 2.45) is 0 Å². The van der Waals surface area contributed by atoms with Gasteiger partial charge in [-0.3, -0.25) is 0 Å². The summed E-state index contributed by atoms with van der Waals surface area (Å²) in [5.74, 6) is 0.270. The van der Waals surface area contributed by atoms with Gasteiger partial charge in [-0.25, -0.2) is 0 Å². The lowest BCUT2D eigenvalue weighted by Gasteiger charge is -2.20. The van der Waals surface area contributed by atoms with Crippen molar-refractivity contribution in [3.63, 3.8) is 0 Å². The highest BCUT2D eigenvalue weighted by atomic mass is 35.5. The predicted octanol–water partition coefficient (Wildman–Crippen LogP) is 4.48. The van der Waals surface area contributed by atoms with Gasteiger partial charge in [0.2, 0.25) is 0 Å². The zero-order valence-electron chi connectivity index (χ0n) is 11.1. The van der Waals surface area contributed by atoms with Crippen LogP contribution in [0, 0.1) is 11.3 Å². The lowest BCUT2D eigenvalue weighted by Crippen LogP contribution is -2.09. The number of nitriles is 1. The van der Waals surface area contributed by atoms with Gasteiger partial charge < -0.3 is 10.4 Å². The van der Waals surface area contributed by atoms with Crippen LogP contribution in [0.25, 0.3) is 0 Å². The van der Waals surface area contributed by atoms with Gasteiger partial charge in [-0.05, 0) is 30.7 Å². The first-order chi connectivity index (χ1) is 9.65. The molecular weight excluding hydrogens is 272 g/mol. The van der Waals surface area contributed by atoms with Gasteiger partial charge in [0, 0.05) is 11.3 Å². The summed E-state index contributed by atoms with van der Waals surface area (Å²) in [4.78, 5) is 0. The molecule has 4 heteroatoms. The summed E-state index contributed by atoms with van der Waals surface area (Å²) in [6.45, 7) is 2.04. The van der Waals surface area contributed by atoms with Crippen molar-refractivity contribution in [3.8, 4) is 11.8 Å². The van der Waals surface area contributed by atoms with Crippen LogP contribution in [-0.4, -0.2) is 5.11 Å². The van der Waals surface area contributed by atoms with Crippen molar-refractivity contribution in [1.82, 2.24) is 0 Å². The van der Waals surface area contributed by atoms with E-state index in [2.05, 4.69) is 5.32 Å². The molecule has 0 fully saturated rings. The van der Waals surface area contributed by atoms with Gasteiger partial charge in [-0.2, -0.15) is 5.26 Å². The van der Waals surface area contributed by atoms with Gasteiger partial charge in [0.05, 0.1) is 16.6 Å². The van der Waals surface area contributed by atoms with E-state index in [1.54, 1.807) is 24.3 Å². The molecule has 0 spiro atoms. The number of aromatic hydroxyl groups is 1. The van der Waals surface area contributed by atoms with Crippen LogP contribution in [0.2, 0.25) is 5.02 Å². The molecule has 2 aromatic rings. The summed E-state index contributed by atoms with van der Waals surface area (Å²) in [5.41, 5.74) is 2.12. The monoisotopic (exact) mass is 286 g/mol. The third-order valence-corrected chi connectivity index (χ3v) is 3.46. The topological polar surface area (TPSA) is 56.0 Å². The van der Waals surface area contributed by atoms with E-state index in [-0.39, 0.29) is 11.8 Å². The first-order valence-corrected chi connectivity index (χ1v) is 6.77. The van der Waals surface area contributed by atoms with E-state index >= 15 is 0 Å². The summed E-state index contributed by atoms with van der Waals surface area (Å²) in [6, 6.07) is 14.5. The molecule has 0 saturated heterocycles. The molecule has 2 aromatic carbocycles. The largest absolute Gasteiger partial charge is 0.508 e. The van der Waals surface area contributed by atoms with E-state index < -0.39 is 0 Å². The summed E-state index contributed by atoms with van der Waals surface area (Å²) in [7, 11) is 0. The number of hydrogen-bond acceptors (Lipinski definition) is 3. The highest BCUT2D eigenvalue weighted by Crippen LogP contribution is 2.30. The molecule has 2 N–H and O–H groups in total. The van der Waals surface area contributed by atoms with Crippen molar-refractivity contribution >= 4 is 17.3 Å². The number of phenols is 1. The van der Waals surface area contributed by atoms with Gasteiger partial charge in [-0.1, -0.05) is 36.7 Å². The Morgan fingerprint density at radius 3 is 2.65 bits per heavy atom. The fourth-order valence-electron chi connectivity index (χ4n) is 2.08. The number of rotatable bonds is 4. The van der Waals surface area contributed by atoms with Crippen LogP contribution in [0.5, 0.6) is 5.75 Å². The molecule has 3 nitrogen and oxygen atoms in total. The molecule has 0 aliphatic rings. The van der Waals surface area contributed by atoms with Gasteiger partial charge in [0.25, 0.3) is 0 Å². The minimum Gasteiger partial charge on any atom is -0.508 e. The second kappa shape index (κ2) is 6.31. The van der Waals surface area contributed by atoms with Crippen LogP contribution in [0.4, 0.5) is 5.69 Å². The van der Waals surface area contributed by atoms with Crippen molar-refractivity contribution < 1.29 is 5.11 Å². The summed E-state index contributed by atoms with van der Waals surface area (Å²) < 4.78 is 0. The third-order valence-electron chi connectivity index (χ3n) is 3.15. The maximum absolute atomic E-state index is 9.92. The average Bonchev–Trinajstić information content (AvgIpc) is 2.46. The molecule has 1 atom stereocenters. The molecule has 1 unspecified atom stereocenters. The Bertz CT molecular complexity index is 649. The maximum atomic E-state index is 9.92. The highest BCUT2D eigenvalue weighted by Gasteiger charge is 2.13. The number of anilines is 1. The van der Waals surface area contributed by atoms with Crippen LogP contribution in [0.3, 0.4) is 0 Å². The van der Waals surface area contributed by atoms with Gasteiger partial charge in [0.15, 0.2) is 0 Å². The Kier molecular flexibility index (Phi) is 4.49. The molecule has 0 amide bonds. The van der Waals surface area contributed by atoms with Gasteiger partial charge in [0.1, 0.15) is 11.8 Å². The lowest BCUT2D eigenvalue weighted by atomic mass is 10.0. The lowest BCUT2D eigenvalue weighted by molar-refractivity contribution is 0.463. The second-order valence-corrected chi connectivity index (χ2v) is 4.88. The molecule has 0 aliphatic heterocycles.